The average Bonchev–Trinajstić information content (AvgIpc) is 2.53. The lowest BCUT2D eigenvalue weighted by Crippen LogP contribution is -2.39. The van der Waals surface area contributed by atoms with E-state index in [1.807, 2.05) is 43.3 Å². The molecule has 0 spiro atoms. The molecule has 0 aliphatic rings. The van der Waals surface area contributed by atoms with E-state index in [9.17, 15) is 4.79 Å². The molecule has 0 aromatic heterocycles. The Balaban J connectivity index is 2.32. The Bertz CT molecular complexity index is 707. The molecular formula is C20H27NO3. The molecule has 0 aliphatic carbocycles. The molecule has 0 atom stereocenters. The molecule has 4 nitrogen and oxygen atoms in total. The van der Waals surface area contributed by atoms with E-state index in [1.165, 1.54) is 0 Å². The molecule has 2 aromatic rings. The Morgan fingerprint density at radius 2 is 1.79 bits per heavy atom. The van der Waals surface area contributed by atoms with Crippen molar-refractivity contribution in [3.63, 3.8) is 0 Å². The number of hydrogen-bond donors (Lipinski definition) is 1. The van der Waals surface area contributed by atoms with Crippen LogP contribution < -0.4 is 10.1 Å². The van der Waals surface area contributed by atoms with Gasteiger partial charge in [-0.05, 0) is 38.8 Å². The minimum atomic E-state index is -0.872. The summed E-state index contributed by atoms with van der Waals surface area (Å²) >= 11 is 0. The van der Waals surface area contributed by atoms with Gasteiger partial charge in [0.1, 0.15) is 11.4 Å². The van der Waals surface area contributed by atoms with Crippen LogP contribution in [0, 0.1) is 5.92 Å². The highest BCUT2D eigenvalue weighted by Crippen LogP contribution is 2.32. The molecule has 0 radical (unpaired) electrons. The molecule has 24 heavy (non-hydrogen) atoms. The Labute approximate surface area is 144 Å². The molecule has 4 heteroatoms. The van der Waals surface area contributed by atoms with Crippen molar-refractivity contribution in [2.75, 3.05) is 18.5 Å². The van der Waals surface area contributed by atoms with E-state index in [0.29, 0.717) is 19.1 Å². The number of rotatable bonds is 7. The first kappa shape index (κ1) is 18.3. The van der Waals surface area contributed by atoms with Gasteiger partial charge in [-0.2, -0.15) is 0 Å². The van der Waals surface area contributed by atoms with Crippen LogP contribution in [0.3, 0.4) is 0 Å². The van der Waals surface area contributed by atoms with Crippen LogP contribution in [0.5, 0.6) is 5.75 Å². The minimum Gasteiger partial charge on any atom is -0.493 e. The van der Waals surface area contributed by atoms with Crippen molar-refractivity contribution in [3.05, 3.63) is 36.4 Å². The lowest BCUT2D eigenvalue weighted by atomic mass is 10.1. The number of nitrogens with one attached hydrogen (secondary N) is 1. The second-order valence-corrected chi connectivity index (χ2v) is 6.76. The zero-order valence-corrected chi connectivity index (χ0v) is 15.2. The van der Waals surface area contributed by atoms with Gasteiger partial charge in [0.25, 0.3) is 5.91 Å². The van der Waals surface area contributed by atoms with Gasteiger partial charge in [-0.3, -0.25) is 4.79 Å². The van der Waals surface area contributed by atoms with Crippen molar-refractivity contribution in [3.8, 4) is 5.75 Å². The van der Waals surface area contributed by atoms with Gasteiger partial charge in [0.05, 0.1) is 6.61 Å². The summed E-state index contributed by atoms with van der Waals surface area (Å²) in [4.78, 5) is 12.5. The number of fused-ring (bicyclic) bond motifs is 1. The number of ether oxygens (including phenoxy) is 2. The summed E-state index contributed by atoms with van der Waals surface area (Å²) in [5, 5.41) is 4.93. The van der Waals surface area contributed by atoms with Crippen LogP contribution in [-0.4, -0.2) is 24.7 Å². The highest BCUT2D eigenvalue weighted by atomic mass is 16.5. The predicted molar refractivity (Wildman–Crippen MR) is 98.6 cm³/mol. The molecule has 0 unspecified atom stereocenters. The third kappa shape index (κ3) is 4.26. The summed E-state index contributed by atoms with van der Waals surface area (Å²) in [7, 11) is 0. The normalized spacial score (nSPS) is 11.8. The molecule has 2 aromatic carbocycles. The van der Waals surface area contributed by atoms with Gasteiger partial charge in [-0.25, -0.2) is 0 Å². The number of hydrogen-bond acceptors (Lipinski definition) is 3. The number of anilines is 1. The van der Waals surface area contributed by atoms with Gasteiger partial charge in [-0.15, -0.1) is 0 Å². The van der Waals surface area contributed by atoms with Gasteiger partial charge in [-0.1, -0.05) is 38.1 Å². The maximum absolute atomic E-state index is 12.5. The molecule has 0 aliphatic heterocycles. The van der Waals surface area contributed by atoms with Gasteiger partial charge in [0.15, 0.2) is 0 Å². The van der Waals surface area contributed by atoms with E-state index in [1.54, 1.807) is 13.8 Å². The van der Waals surface area contributed by atoms with Gasteiger partial charge in [0.2, 0.25) is 0 Å². The summed E-state index contributed by atoms with van der Waals surface area (Å²) in [6.45, 7) is 10.8. The summed E-state index contributed by atoms with van der Waals surface area (Å²) in [6, 6.07) is 11.7. The third-order valence-corrected chi connectivity index (χ3v) is 3.76. The summed E-state index contributed by atoms with van der Waals surface area (Å²) in [5.74, 6) is 1.13. The van der Waals surface area contributed by atoms with Crippen molar-refractivity contribution in [1.82, 2.24) is 0 Å². The van der Waals surface area contributed by atoms with Crippen LogP contribution in [0.1, 0.15) is 34.6 Å². The number of carbonyl (C=O) groups is 1. The highest BCUT2D eigenvalue weighted by Gasteiger charge is 2.28. The molecule has 1 N–H and O–H groups in total. The number of benzene rings is 2. The molecule has 0 saturated heterocycles. The smallest absolute Gasteiger partial charge is 0.256 e. The summed E-state index contributed by atoms with van der Waals surface area (Å²) in [5.41, 5.74) is -0.108. The van der Waals surface area contributed by atoms with Gasteiger partial charge < -0.3 is 14.8 Å². The van der Waals surface area contributed by atoms with Crippen LogP contribution in [0.25, 0.3) is 10.8 Å². The van der Waals surface area contributed by atoms with E-state index in [4.69, 9.17) is 9.47 Å². The van der Waals surface area contributed by atoms with Crippen LogP contribution in [-0.2, 0) is 9.53 Å². The standard InChI is InChI=1S/C20H27NO3/c1-6-24-20(4,5)19(22)21-17-11-12-18(23-13-14(2)3)16-10-8-7-9-15(16)17/h7-12,14H,6,13H2,1-5H3,(H,21,22). The van der Waals surface area contributed by atoms with Crippen LogP contribution in [0.15, 0.2) is 36.4 Å². The average molecular weight is 329 g/mol. The fraction of sp³-hybridized carbons (Fsp3) is 0.450. The third-order valence-electron chi connectivity index (χ3n) is 3.76. The lowest BCUT2D eigenvalue weighted by molar-refractivity contribution is -0.136. The van der Waals surface area contributed by atoms with E-state index in [2.05, 4.69) is 19.2 Å². The SMILES string of the molecule is CCOC(C)(C)C(=O)Nc1ccc(OCC(C)C)c2ccccc12. The molecule has 0 bridgehead atoms. The zero-order chi connectivity index (χ0) is 17.7. The summed E-state index contributed by atoms with van der Waals surface area (Å²) < 4.78 is 11.4. The molecule has 0 saturated carbocycles. The van der Waals surface area contributed by atoms with E-state index in [-0.39, 0.29) is 5.91 Å². The molecule has 0 heterocycles. The van der Waals surface area contributed by atoms with Crippen LogP contribution in [0.4, 0.5) is 5.69 Å². The Kier molecular flexibility index (Phi) is 5.84. The first-order valence-corrected chi connectivity index (χ1v) is 8.45. The quantitative estimate of drug-likeness (QED) is 0.806. The van der Waals surface area contributed by atoms with Crippen LogP contribution in [0.2, 0.25) is 0 Å². The predicted octanol–water partition coefficient (Wildman–Crippen LogP) is 4.63. The second-order valence-electron chi connectivity index (χ2n) is 6.76. The zero-order valence-electron chi connectivity index (χ0n) is 15.2. The number of amides is 1. The maximum atomic E-state index is 12.5. The second kappa shape index (κ2) is 7.67. The molecule has 130 valence electrons. The van der Waals surface area contributed by atoms with Crippen molar-refractivity contribution >= 4 is 22.4 Å². The number of carbonyl (C=O) groups excluding carboxylic acids is 1. The first-order chi connectivity index (χ1) is 11.3. The molecular weight excluding hydrogens is 302 g/mol. The van der Waals surface area contributed by atoms with Crippen molar-refractivity contribution < 1.29 is 14.3 Å². The lowest BCUT2D eigenvalue weighted by Gasteiger charge is -2.24. The van der Waals surface area contributed by atoms with Crippen molar-refractivity contribution in [2.45, 2.75) is 40.2 Å². The molecule has 1 amide bonds. The summed E-state index contributed by atoms with van der Waals surface area (Å²) in [6.07, 6.45) is 0. The van der Waals surface area contributed by atoms with Gasteiger partial charge in [0, 0.05) is 23.1 Å². The Morgan fingerprint density at radius 3 is 2.42 bits per heavy atom. The first-order valence-electron chi connectivity index (χ1n) is 8.45. The van der Waals surface area contributed by atoms with Crippen molar-refractivity contribution in [2.24, 2.45) is 5.92 Å². The van der Waals surface area contributed by atoms with E-state index in [0.717, 1.165) is 22.2 Å². The van der Waals surface area contributed by atoms with E-state index >= 15 is 0 Å². The monoisotopic (exact) mass is 329 g/mol. The molecule has 0 fully saturated rings. The minimum absolute atomic E-state index is 0.162. The van der Waals surface area contributed by atoms with Crippen molar-refractivity contribution in [1.29, 1.82) is 0 Å². The Morgan fingerprint density at radius 1 is 1.12 bits per heavy atom. The highest BCUT2D eigenvalue weighted by molar-refractivity contribution is 6.06. The maximum Gasteiger partial charge on any atom is 0.256 e. The van der Waals surface area contributed by atoms with E-state index < -0.39 is 5.60 Å². The van der Waals surface area contributed by atoms with Crippen LogP contribution >= 0.6 is 0 Å². The fourth-order valence-electron chi connectivity index (χ4n) is 2.46. The molecule has 2 rings (SSSR count). The Hall–Kier alpha value is -2.07. The van der Waals surface area contributed by atoms with Gasteiger partial charge >= 0.3 is 0 Å². The fourth-order valence-corrected chi connectivity index (χ4v) is 2.46. The largest absolute Gasteiger partial charge is 0.493 e. The topological polar surface area (TPSA) is 47.6 Å².